The third kappa shape index (κ3) is 2.67. The summed E-state index contributed by atoms with van der Waals surface area (Å²) in [5, 5.41) is 0.904. The van der Waals surface area contributed by atoms with E-state index in [0.717, 1.165) is 22.2 Å². The van der Waals surface area contributed by atoms with Gasteiger partial charge in [0.25, 0.3) is 0 Å². The fraction of sp³-hybridized carbons (Fsp3) is 0.333. The Morgan fingerprint density at radius 2 is 2.05 bits per heavy atom. The van der Waals surface area contributed by atoms with Gasteiger partial charge in [-0.3, -0.25) is 4.98 Å². The number of benzene rings is 1. The maximum atomic E-state index is 11.4. The molecular formula is C15H17NO3. The predicted octanol–water partition coefficient (Wildman–Crippen LogP) is 2.79. The summed E-state index contributed by atoms with van der Waals surface area (Å²) in [5.74, 6) is 0.263. The van der Waals surface area contributed by atoms with Crippen molar-refractivity contribution in [1.82, 2.24) is 4.98 Å². The molecule has 0 aliphatic rings. The number of nitrogens with zero attached hydrogens (tertiary/aromatic N) is 1. The minimum Gasteiger partial charge on any atom is -0.478 e. The molecule has 1 aromatic carbocycles. The lowest BCUT2D eigenvalue weighted by Crippen LogP contribution is -2.25. The lowest BCUT2D eigenvalue weighted by Gasteiger charge is -2.15. The maximum Gasteiger partial charge on any atom is 0.346 e. The van der Waals surface area contributed by atoms with Gasteiger partial charge in [-0.25, -0.2) is 4.79 Å². The van der Waals surface area contributed by atoms with Crippen LogP contribution >= 0.6 is 0 Å². The number of carbonyl (C=O) groups is 1. The minimum atomic E-state index is -0.643. The Morgan fingerprint density at radius 1 is 1.32 bits per heavy atom. The van der Waals surface area contributed by atoms with Gasteiger partial charge in [0, 0.05) is 17.1 Å². The average Bonchev–Trinajstić information content (AvgIpc) is 2.39. The fourth-order valence-corrected chi connectivity index (χ4v) is 1.98. The molecule has 0 fully saturated rings. The number of carbonyl (C=O) groups excluding carboxylic acids is 1. The second-order valence-corrected chi connectivity index (χ2v) is 4.52. The number of ether oxygens (including phenoxy) is 2. The Morgan fingerprint density at radius 3 is 2.74 bits per heavy atom. The number of aryl methyl sites for hydroxylation is 2. The smallest absolute Gasteiger partial charge is 0.346 e. The van der Waals surface area contributed by atoms with Crippen molar-refractivity contribution in [2.45, 2.75) is 26.9 Å². The Kier molecular flexibility index (Phi) is 3.69. The second kappa shape index (κ2) is 5.26. The van der Waals surface area contributed by atoms with E-state index in [4.69, 9.17) is 4.74 Å². The van der Waals surface area contributed by atoms with Crippen molar-refractivity contribution >= 4 is 16.9 Å². The Bertz CT molecular complexity index is 622. The molecule has 1 aromatic heterocycles. The number of hydrogen-bond donors (Lipinski definition) is 0. The molecule has 0 bridgehead atoms. The normalized spacial score (nSPS) is 12.2. The molecule has 0 radical (unpaired) electrons. The van der Waals surface area contributed by atoms with Gasteiger partial charge >= 0.3 is 5.97 Å². The SMILES string of the molecule is COC(=O)C(C)Oc1cc(C)nc2c(C)cccc12. The van der Waals surface area contributed by atoms with Crippen molar-refractivity contribution in [3.8, 4) is 5.75 Å². The summed E-state index contributed by atoms with van der Waals surface area (Å²) < 4.78 is 10.4. The van der Waals surface area contributed by atoms with Gasteiger partial charge in [0.2, 0.25) is 0 Å². The molecule has 1 heterocycles. The van der Waals surface area contributed by atoms with Crippen molar-refractivity contribution in [3.63, 3.8) is 0 Å². The van der Waals surface area contributed by atoms with Crippen LogP contribution in [0.1, 0.15) is 18.2 Å². The van der Waals surface area contributed by atoms with Crippen molar-refractivity contribution in [3.05, 3.63) is 35.5 Å². The molecule has 100 valence electrons. The van der Waals surface area contributed by atoms with E-state index in [2.05, 4.69) is 9.72 Å². The summed E-state index contributed by atoms with van der Waals surface area (Å²) in [7, 11) is 1.35. The number of rotatable bonds is 3. The number of aromatic nitrogens is 1. The van der Waals surface area contributed by atoms with Gasteiger partial charge in [-0.2, -0.15) is 0 Å². The van der Waals surface area contributed by atoms with Crippen LogP contribution in [0.15, 0.2) is 24.3 Å². The lowest BCUT2D eigenvalue weighted by atomic mass is 10.1. The first kappa shape index (κ1) is 13.3. The molecule has 0 N–H and O–H groups in total. The molecular weight excluding hydrogens is 242 g/mol. The molecule has 0 aliphatic carbocycles. The highest BCUT2D eigenvalue weighted by Crippen LogP contribution is 2.28. The van der Waals surface area contributed by atoms with Crippen molar-refractivity contribution in [2.75, 3.05) is 7.11 Å². The summed E-state index contributed by atoms with van der Waals surface area (Å²) in [5.41, 5.74) is 2.83. The zero-order chi connectivity index (χ0) is 14.0. The fourth-order valence-electron chi connectivity index (χ4n) is 1.98. The van der Waals surface area contributed by atoms with Gasteiger partial charge in [-0.15, -0.1) is 0 Å². The van der Waals surface area contributed by atoms with E-state index in [1.54, 1.807) is 6.92 Å². The Balaban J connectivity index is 2.48. The van der Waals surface area contributed by atoms with Crippen LogP contribution in [0, 0.1) is 13.8 Å². The van der Waals surface area contributed by atoms with Crippen LogP contribution < -0.4 is 4.74 Å². The van der Waals surface area contributed by atoms with E-state index in [-0.39, 0.29) is 0 Å². The third-order valence-corrected chi connectivity index (χ3v) is 2.97. The van der Waals surface area contributed by atoms with Crippen molar-refractivity contribution < 1.29 is 14.3 Å². The largest absolute Gasteiger partial charge is 0.478 e. The van der Waals surface area contributed by atoms with Crippen molar-refractivity contribution in [2.24, 2.45) is 0 Å². The maximum absolute atomic E-state index is 11.4. The molecule has 2 aromatic rings. The monoisotopic (exact) mass is 259 g/mol. The van der Waals surface area contributed by atoms with Crippen LogP contribution in [0.2, 0.25) is 0 Å². The highest BCUT2D eigenvalue weighted by molar-refractivity contribution is 5.88. The standard InChI is InChI=1S/C15H17NO3/c1-9-6-5-7-12-13(8-10(2)16-14(9)12)19-11(3)15(17)18-4/h5-8,11H,1-4H3. The van der Waals surface area contributed by atoms with Gasteiger partial charge in [0.1, 0.15) is 5.75 Å². The molecule has 1 unspecified atom stereocenters. The first-order chi connectivity index (χ1) is 9.02. The highest BCUT2D eigenvalue weighted by atomic mass is 16.6. The molecule has 0 amide bonds. The predicted molar refractivity (Wildman–Crippen MR) is 73.3 cm³/mol. The van der Waals surface area contributed by atoms with Gasteiger partial charge in [-0.05, 0) is 32.4 Å². The lowest BCUT2D eigenvalue weighted by molar-refractivity contribution is -0.147. The summed E-state index contributed by atoms with van der Waals surface area (Å²) >= 11 is 0. The number of esters is 1. The summed E-state index contributed by atoms with van der Waals surface area (Å²) in [6.45, 7) is 5.58. The van der Waals surface area contributed by atoms with Gasteiger partial charge in [0.15, 0.2) is 6.10 Å². The molecule has 0 spiro atoms. The van der Waals surface area contributed by atoms with Crippen LogP contribution in [0.25, 0.3) is 10.9 Å². The first-order valence-electron chi connectivity index (χ1n) is 6.14. The molecule has 4 heteroatoms. The van der Waals surface area contributed by atoms with Crippen LogP contribution in [0.3, 0.4) is 0 Å². The number of methoxy groups -OCH3 is 1. The Labute approximate surface area is 112 Å². The summed E-state index contributed by atoms with van der Waals surface area (Å²) in [6.07, 6.45) is -0.643. The zero-order valence-corrected chi connectivity index (χ0v) is 11.6. The van der Waals surface area contributed by atoms with E-state index in [0.29, 0.717) is 5.75 Å². The van der Waals surface area contributed by atoms with Crippen LogP contribution in [-0.4, -0.2) is 24.2 Å². The first-order valence-corrected chi connectivity index (χ1v) is 6.14. The molecule has 1 atom stereocenters. The van der Waals surface area contributed by atoms with E-state index in [9.17, 15) is 4.79 Å². The average molecular weight is 259 g/mol. The molecule has 0 saturated heterocycles. The molecule has 2 rings (SSSR count). The van der Waals surface area contributed by atoms with Crippen LogP contribution in [0.4, 0.5) is 0 Å². The van der Waals surface area contributed by atoms with Gasteiger partial charge in [0.05, 0.1) is 12.6 Å². The summed E-state index contributed by atoms with van der Waals surface area (Å²) in [4.78, 5) is 16.0. The number of pyridine rings is 1. The van der Waals surface area contributed by atoms with Gasteiger partial charge < -0.3 is 9.47 Å². The molecule has 19 heavy (non-hydrogen) atoms. The highest BCUT2D eigenvalue weighted by Gasteiger charge is 2.17. The zero-order valence-electron chi connectivity index (χ0n) is 11.6. The van der Waals surface area contributed by atoms with Crippen molar-refractivity contribution in [1.29, 1.82) is 0 Å². The Hall–Kier alpha value is -2.10. The van der Waals surface area contributed by atoms with Crippen LogP contribution in [-0.2, 0) is 9.53 Å². The molecule has 0 aliphatic heterocycles. The van der Waals surface area contributed by atoms with E-state index >= 15 is 0 Å². The minimum absolute atomic E-state index is 0.393. The van der Waals surface area contributed by atoms with Gasteiger partial charge in [-0.1, -0.05) is 12.1 Å². The second-order valence-electron chi connectivity index (χ2n) is 4.52. The summed E-state index contributed by atoms with van der Waals surface area (Å²) in [6, 6.07) is 7.72. The quantitative estimate of drug-likeness (QED) is 0.795. The van der Waals surface area contributed by atoms with E-state index in [1.165, 1.54) is 7.11 Å². The number of para-hydroxylation sites is 1. The molecule has 4 nitrogen and oxygen atoms in total. The number of hydrogen-bond acceptors (Lipinski definition) is 4. The van der Waals surface area contributed by atoms with E-state index < -0.39 is 12.1 Å². The molecule has 0 saturated carbocycles. The topological polar surface area (TPSA) is 48.4 Å². The van der Waals surface area contributed by atoms with E-state index in [1.807, 2.05) is 38.1 Å². The van der Waals surface area contributed by atoms with Crippen LogP contribution in [0.5, 0.6) is 5.75 Å². The number of fused-ring (bicyclic) bond motifs is 1. The third-order valence-electron chi connectivity index (χ3n) is 2.97.